The maximum atomic E-state index is 12.6. The van der Waals surface area contributed by atoms with Crippen LogP contribution >= 0.6 is 0 Å². The first-order valence-corrected chi connectivity index (χ1v) is 9.05. The number of nitrogens with zero attached hydrogens (tertiary/aromatic N) is 2. The van der Waals surface area contributed by atoms with E-state index in [9.17, 15) is 4.79 Å². The molecule has 2 aliphatic heterocycles. The van der Waals surface area contributed by atoms with Crippen molar-refractivity contribution in [1.29, 1.82) is 0 Å². The number of hydrogen-bond donors (Lipinski definition) is 2. The summed E-state index contributed by atoms with van der Waals surface area (Å²) in [5, 5.41) is 6.88. The van der Waals surface area contributed by atoms with Crippen LogP contribution in [0.4, 0.5) is 5.82 Å². The number of pyridine rings is 1. The van der Waals surface area contributed by atoms with Crippen LogP contribution in [-0.4, -0.2) is 34.5 Å². The Morgan fingerprint density at radius 1 is 1.12 bits per heavy atom. The van der Waals surface area contributed by atoms with Crippen molar-refractivity contribution in [3.63, 3.8) is 0 Å². The summed E-state index contributed by atoms with van der Waals surface area (Å²) in [6.07, 6.45) is 3.87. The molecule has 5 rings (SSSR count). The number of rotatable bonds is 2. The second-order valence-corrected chi connectivity index (χ2v) is 7.53. The van der Waals surface area contributed by atoms with Gasteiger partial charge in [0, 0.05) is 31.7 Å². The molecule has 2 aromatic rings. The minimum Gasteiger partial charge on any atom is -0.347 e. The second-order valence-electron chi connectivity index (χ2n) is 7.53. The summed E-state index contributed by atoms with van der Waals surface area (Å²) in [4.78, 5) is 19.5. The van der Waals surface area contributed by atoms with Crippen molar-refractivity contribution in [2.24, 2.45) is 11.8 Å². The first-order chi connectivity index (χ1) is 12.2. The minimum atomic E-state index is -0.339. The van der Waals surface area contributed by atoms with Gasteiger partial charge < -0.3 is 10.6 Å². The first kappa shape index (κ1) is 14.9. The number of hydrogen-bond acceptors (Lipinski definition) is 4. The van der Waals surface area contributed by atoms with Crippen LogP contribution in [0.2, 0.25) is 0 Å². The Morgan fingerprint density at radius 2 is 2.00 bits per heavy atom. The molecule has 0 bridgehead atoms. The summed E-state index contributed by atoms with van der Waals surface area (Å²) in [6.45, 7) is 3.09. The number of carbonyl (C=O) groups is 1. The average molecular weight is 334 g/mol. The first-order valence-electron chi connectivity index (χ1n) is 9.05. The molecule has 128 valence electrons. The SMILES string of the molecule is O=C1N[C@]2(CC[C@@H]3CN(Cc4ccccc4)C[C@@H]32)Nc2ncccc21. The third-order valence-electron chi connectivity index (χ3n) is 6.04. The molecule has 1 aromatic heterocycles. The highest BCUT2D eigenvalue weighted by Crippen LogP contribution is 2.47. The monoisotopic (exact) mass is 334 g/mol. The maximum Gasteiger partial charge on any atom is 0.256 e. The molecule has 1 spiro atoms. The van der Waals surface area contributed by atoms with Gasteiger partial charge >= 0.3 is 0 Å². The van der Waals surface area contributed by atoms with Crippen LogP contribution in [0.3, 0.4) is 0 Å². The van der Waals surface area contributed by atoms with Crippen LogP contribution in [0.15, 0.2) is 48.7 Å². The normalized spacial score (nSPS) is 30.6. The van der Waals surface area contributed by atoms with E-state index in [1.807, 2.05) is 12.1 Å². The van der Waals surface area contributed by atoms with Gasteiger partial charge in [0.15, 0.2) is 0 Å². The molecule has 2 N–H and O–H groups in total. The summed E-state index contributed by atoms with van der Waals surface area (Å²) >= 11 is 0. The summed E-state index contributed by atoms with van der Waals surface area (Å²) in [7, 11) is 0. The third kappa shape index (κ3) is 2.42. The van der Waals surface area contributed by atoms with Crippen molar-refractivity contribution < 1.29 is 4.79 Å². The summed E-state index contributed by atoms with van der Waals surface area (Å²) in [6, 6.07) is 14.3. The van der Waals surface area contributed by atoms with Gasteiger partial charge in [0.05, 0.1) is 5.56 Å². The Hall–Kier alpha value is -2.40. The van der Waals surface area contributed by atoms with E-state index in [2.05, 4.69) is 50.8 Å². The topological polar surface area (TPSA) is 57.3 Å². The summed E-state index contributed by atoms with van der Waals surface area (Å²) in [5.74, 6) is 1.79. The van der Waals surface area contributed by atoms with E-state index in [-0.39, 0.29) is 11.6 Å². The molecule has 1 aliphatic carbocycles. The molecule has 3 heterocycles. The highest BCUT2D eigenvalue weighted by molar-refractivity contribution is 6.01. The minimum absolute atomic E-state index is 0.00371. The number of carbonyl (C=O) groups excluding carboxylic acids is 1. The number of likely N-dealkylation sites (tertiary alicyclic amines) is 1. The van der Waals surface area contributed by atoms with E-state index in [4.69, 9.17) is 0 Å². The van der Waals surface area contributed by atoms with Gasteiger partial charge in [0.1, 0.15) is 11.5 Å². The van der Waals surface area contributed by atoms with Gasteiger partial charge in [0.2, 0.25) is 0 Å². The summed E-state index contributed by atoms with van der Waals surface area (Å²) < 4.78 is 0. The van der Waals surface area contributed by atoms with Gasteiger partial charge in [0.25, 0.3) is 5.91 Å². The Morgan fingerprint density at radius 3 is 2.88 bits per heavy atom. The lowest BCUT2D eigenvalue weighted by atomic mass is 9.90. The van der Waals surface area contributed by atoms with Gasteiger partial charge in [-0.05, 0) is 36.5 Å². The number of anilines is 1. The smallest absolute Gasteiger partial charge is 0.256 e. The quantitative estimate of drug-likeness (QED) is 0.886. The predicted molar refractivity (Wildman–Crippen MR) is 96.0 cm³/mol. The lowest BCUT2D eigenvalue weighted by Gasteiger charge is -2.41. The molecule has 5 heteroatoms. The van der Waals surface area contributed by atoms with Gasteiger partial charge in [-0.2, -0.15) is 0 Å². The van der Waals surface area contributed by atoms with Crippen molar-refractivity contribution in [2.75, 3.05) is 18.4 Å². The van der Waals surface area contributed by atoms with Crippen molar-refractivity contribution in [3.8, 4) is 0 Å². The van der Waals surface area contributed by atoms with Gasteiger partial charge in [-0.15, -0.1) is 0 Å². The molecular weight excluding hydrogens is 312 g/mol. The Labute approximate surface area is 147 Å². The third-order valence-corrected chi connectivity index (χ3v) is 6.04. The zero-order valence-corrected chi connectivity index (χ0v) is 14.1. The Bertz CT molecular complexity index is 808. The van der Waals surface area contributed by atoms with Gasteiger partial charge in [-0.3, -0.25) is 9.69 Å². The van der Waals surface area contributed by atoms with E-state index >= 15 is 0 Å². The average Bonchev–Trinajstić information content (AvgIpc) is 3.17. The Kier molecular flexibility index (Phi) is 3.31. The van der Waals surface area contributed by atoms with Crippen molar-refractivity contribution >= 4 is 11.7 Å². The van der Waals surface area contributed by atoms with E-state index in [1.165, 1.54) is 5.56 Å². The molecule has 0 radical (unpaired) electrons. The second kappa shape index (κ2) is 5.56. The zero-order chi connectivity index (χ0) is 16.9. The molecule has 1 aromatic carbocycles. The fraction of sp³-hybridized carbons (Fsp3) is 0.400. The molecule has 0 unspecified atom stereocenters. The molecule has 3 atom stereocenters. The fourth-order valence-electron chi connectivity index (χ4n) is 4.89. The summed E-state index contributed by atoms with van der Waals surface area (Å²) in [5.41, 5.74) is 1.66. The fourth-order valence-corrected chi connectivity index (χ4v) is 4.89. The van der Waals surface area contributed by atoms with Gasteiger partial charge in [-0.1, -0.05) is 30.3 Å². The number of amides is 1. The van der Waals surface area contributed by atoms with Crippen molar-refractivity contribution in [1.82, 2.24) is 15.2 Å². The van der Waals surface area contributed by atoms with Crippen molar-refractivity contribution in [3.05, 3.63) is 59.8 Å². The predicted octanol–water partition coefficient (Wildman–Crippen LogP) is 2.48. The number of nitrogens with one attached hydrogen (secondary N) is 2. The van der Waals surface area contributed by atoms with Crippen molar-refractivity contribution in [2.45, 2.75) is 25.0 Å². The molecule has 2 fully saturated rings. The number of aromatic nitrogens is 1. The molecule has 5 nitrogen and oxygen atoms in total. The molecule has 3 aliphatic rings. The maximum absolute atomic E-state index is 12.6. The molecule has 25 heavy (non-hydrogen) atoms. The molecule has 1 saturated heterocycles. The molecular formula is C20H22N4O. The van der Waals surface area contributed by atoms with Crippen LogP contribution < -0.4 is 10.6 Å². The standard InChI is InChI=1S/C20H22N4O/c25-19-16-7-4-10-21-18(16)22-20(23-19)9-8-15-12-24(13-17(15)20)11-14-5-2-1-3-6-14/h1-7,10,15,17H,8-9,11-13H2,(H,21,22)(H,23,25)/t15-,17+,20+/m1/s1. The van der Waals surface area contributed by atoms with Crippen LogP contribution in [0.5, 0.6) is 0 Å². The van der Waals surface area contributed by atoms with Crippen LogP contribution in [0, 0.1) is 11.8 Å². The lowest BCUT2D eigenvalue weighted by Crippen LogP contribution is -2.61. The molecule has 1 amide bonds. The van der Waals surface area contributed by atoms with E-state index < -0.39 is 0 Å². The van der Waals surface area contributed by atoms with Gasteiger partial charge in [-0.25, -0.2) is 4.98 Å². The van der Waals surface area contributed by atoms with E-state index in [0.29, 0.717) is 17.4 Å². The lowest BCUT2D eigenvalue weighted by molar-refractivity contribution is 0.0870. The highest BCUT2D eigenvalue weighted by atomic mass is 16.2. The zero-order valence-electron chi connectivity index (χ0n) is 14.1. The van der Waals surface area contributed by atoms with Crippen LogP contribution in [0.1, 0.15) is 28.8 Å². The Balaban J connectivity index is 1.38. The largest absolute Gasteiger partial charge is 0.347 e. The van der Waals surface area contributed by atoms with E-state index in [1.54, 1.807) is 6.20 Å². The van der Waals surface area contributed by atoms with E-state index in [0.717, 1.165) is 38.3 Å². The van der Waals surface area contributed by atoms with Crippen LogP contribution in [-0.2, 0) is 6.54 Å². The van der Waals surface area contributed by atoms with Crippen LogP contribution in [0.25, 0.3) is 0 Å². The number of fused-ring (bicyclic) bond motifs is 3. The number of benzene rings is 1. The highest BCUT2D eigenvalue weighted by Gasteiger charge is 2.55. The molecule has 1 saturated carbocycles.